The standard InChI is InChI=1S/C24H34N4O5/c1-4-17(14-22(29)30)18-7-8-20(24(31,5-2)28-9-11-32-12-10-28)21(13-18)27-19-15-25-23(26-16-19)33-6-3/h7-8,13,15-17,27,31H,4-6,9-12,14H2,1-3H3,(H,29,30)/t17-,24+/m1/s1. The van der Waals surface area contributed by atoms with Crippen LogP contribution in [0.2, 0.25) is 0 Å². The summed E-state index contributed by atoms with van der Waals surface area (Å²) in [6, 6.07) is 6.05. The minimum Gasteiger partial charge on any atom is -0.481 e. The highest BCUT2D eigenvalue weighted by molar-refractivity contribution is 5.69. The average Bonchev–Trinajstić information content (AvgIpc) is 2.84. The van der Waals surface area contributed by atoms with E-state index in [9.17, 15) is 15.0 Å². The molecule has 3 rings (SSSR count). The van der Waals surface area contributed by atoms with Gasteiger partial charge in [-0.3, -0.25) is 9.69 Å². The van der Waals surface area contributed by atoms with Crippen LogP contribution in [0.15, 0.2) is 30.6 Å². The van der Waals surface area contributed by atoms with Gasteiger partial charge in [0.2, 0.25) is 0 Å². The molecule has 1 aliphatic rings. The van der Waals surface area contributed by atoms with Gasteiger partial charge >= 0.3 is 12.0 Å². The lowest BCUT2D eigenvalue weighted by Gasteiger charge is -2.42. The first-order chi connectivity index (χ1) is 15.9. The second kappa shape index (κ2) is 11.4. The Balaban J connectivity index is 2.02. The van der Waals surface area contributed by atoms with Gasteiger partial charge in [-0.25, -0.2) is 9.97 Å². The Labute approximate surface area is 194 Å². The molecule has 2 atom stereocenters. The van der Waals surface area contributed by atoms with Crippen molar-refractivity contribution in [1.82, 2.24) is 14.9 Å². The number of carboxylic acid groups (broad SMARTS) is 1. The van der Waals surface area contributed by atoms with Gasteiger partial charge in [-0.05, 0) is 37.3 Å². The first-order valence-electron chi connectivity index (χ1n) is 11.5. The molecule has 0 bridgehead atoms. The molecule has 0 saturated carbocycles. The van der Waals surface area contributed by atoms with Crippen LogP contribution in [0.1, 0.15) is 57.1 Å². The Bertz CT molecular complexity index is 918. The van der Waals surface area contributed by atoms with Crippen molar-refractivity contribution >= 4 is 17.3 Å². The third-order valence-corrected chi connectivity index (χ3v) is 6.07. The third kappa shape index (κ3) is 5.98. The van der Waals surface area contributed by atoms with Crippen LogP contribution in [0.3, 0.4) is 0 Å². The normalized spacial score (nSPS) is 17.2. The molecule has 0 amide bonds. The number of carboxylic acids is 1. The average molecular weight is 459 g/mol. The van der Waals surface area contributed by atoms with Gasteiger partial charge in [0.25, 0.3) is 0 Å². The summed E-state index contributed by atoms with van der Waals surface area (Å²) in [6.45, 7) is 8.63. The SMILES string of the molecule is CCOc1ncc(Nc2cc([C@H](CC)CC(=O)O)ccc2[C@@](O)(CC)N2CCOCC2)cn1. The maximum absolute atomic E-state index is 11.8. The van der Waals surface area contributed by atoms with Gasteiger partial charge in [0, 0.05) is 24.3 Å². The summed E-state index contributed by atoms with van der Waals surface area (Å²) in [7, 11) is 0. The quantitative estimate of drug-likeness (QED) is 0.465. The summed E-state index contributed by atoms with van der Waals surface area (Å²) in [5.74, 6) is -0.967. The number of carbonyl (C=O) groups is 1. The molecule has 9 heteroatoms. The molecule has 0 unspecified atom stereocenters. The van der Waals surface area contributed by atoms with Crippen molar-refractivity contribution < 1.29 is 24.5 Å². The molecular formula is C24H34N4O5. The molecule has 0 radical (unpaired) electrons. The van der Waals surface area contributed by atoms with E-state index < -0.39 is 11.7 Å². The molecule has 1 fully saturated rings. The molecule has 1 aromatic carbocycles. The number of hydrogen-bond donors (Lipinski definition) is 3. The summed E-state index contributed by atoms with van der Waals surface area (Å²) in [6.07, 6.45) is 4.47. The van der Waals surface area contributed by atoms with E-state index >= 15 is 0 Å². The lowest BCUT2D eigenvalue weighted by Crippen LogP contribution is -2.51. The molecule has 2 heterocycles. The Morgan fingerprint density at radius 2 is 1.94 bits per heavy atom. The van der Waals surface area contributed by atoms with E-state index in [2.05, 4.69) is 15.3 Å². The van der Waals surface area contributed by atoms with Gasteiger partial charge in [-0.1, -0.05) is 26.0 Å². The molecule has 9 nitrogen and oxygen atoms in total. The number of anilines is 2. The first kappa shape index (κ1) is 24.9. The number of nitrogens with zero attached hydrogens (tertiary/aromatic N) is 3. The maximum Gasteiger partial charge on any atom is 0.316 e. The summed E-state index contributed by atoms with van der Waals surface area (Å²) >= 11 is 0. The zero-order valence-electron chi connectivity index (χ0n) is 19.6. The zero-order chi connectivity index (χ0) is 23.8. The third-order valence-electron chi connectivity index (χ3n) is 6.07. The second-order valence-corrected chi connectivity index (χ2v) is 8.09. The highest BCUT2D eigenvalue weighted by atomic mass is 16.5. The van der Waals surface area contributed by atoms with Crippen LogP contribution < -0.4 is 10.1 Å². The largest absolute Gasteiger partial charge is 0.481 e. The van der Waals surface area contributed by atoms with Gasteiger partial charge in [0.05, 0.1) is 44.3 Å². The number of benzene rings is 1. The van der Waals surface area contributed by atoms with Crippen LogP contribution in [0.4, 0.5) is 11.4 Å². The fourth-order valence-electron chi connectivity index (χ4n) is 4.23. The molecule has 0 aliphatic carbocycles. The molecule has 2 aromatic rings. The number of aliphatic hydroxyl groups is 1. The van der Waals surface area contributed by atoms with Crippen molar-refractivity contribution in [3.8, 4) is 6.01 Å². The fraction of sp³-hybridized carbons (Fsp3) is 0.542. The van der Waals surface area contributed by atoms with Crippen molar-refractivity contribution in [3.05, 3.63) is 41.7 Å². The van der Waals surface area contributed by atoms with Gasteiger partial charge in [-0.15, -0.1) is 0 Å². The van der Waals surface area contributed by atoms with Crippen LogP contribution in [0, 0.1) is 0 Å². The van der Waals surface area contributed by atoms with Crippen LogP contribution >= 0.6 is 0 Å². The Morgan fingerprint density at radius 3 is 2.52 bits per heavy atom. The zero-order valence-corrected chi connectivity index (χ0v) is 19.6. The van der Waals surface area contributed by atoms with E-state index in [0.717, 1.165) is 11.1 Å². The van der Waals surface area contributed by atoms with E-state index in [0.29, 0.717) is 63.1 Å². The highest BCUT2D eigenvalue weighted by Crippen LogP contribution is 2.38. The predicted octanol–water partition coefficient (Wildman–Crippen LogP) is 3.47. The molecule has 1 aromatic heterocycles. The van der Waals surface area contributed by atoms with Crippen molar-refractivity contribution in [2.75, 3.05) is 38.2 Å². The summed E-state index contributed by atoms with van der Waals surface area (Å²) in [5.41, 5.74) is 1.75. The van der Waals surface area contributed by atoms with Gasteiger partial charge in [0.1, 0.15) is 5.72 Å². The predicted molar refractivity (Wildman–Crippen MR) is 125 cm³/mol. The Kier molecular flexibility index (Phi) is 8.60. The number of ether oxygens (including phenoxy) is 2. The monoisotopic (exact) mass is 458 g/mol. The number of morpholine rings is 1. The lowest BCUT2D eigenvalue weighted by molar-refractivity contribution is -0.149. The van der Waals surface area contributed by atoms with E-state index in [1.165, 1.54) is 0 Å². The highest BCUT2D eigenvalue weighted by Gasteiger charge is 2.37. The van der Waals surface area contributed by atoms with Crippen molar-refractivity contribution in [3.63, 3.8) is 0 Å². The van der Waals surface area contributed by atoms with Crippen molar-refractivity contribution in [2.45, 2.75) is 51.7 Å². The summed E-state index contributed by atoms with van der Waals surface area (Å²) < 4.78 is 10.8. The van der Waals surface area contributed by atoms with Crippen LogP contribution in [-0.2, 0) is 15.3 Å². The van der Waals surface area contributed by atoms with Crippen LogP contribution in [-0.4, -0.2) is 64.0 Å². The number of nitrogens with one attached hydrogen (secondary N) is 1. The molecule has 1 saturated heterocycles. The lowest BCUT2D eigenvalue weighted by atomic mass is 9.88. The first-order valence-corrected chi connectivity index (χ1v) is 11.5. The Morgan fingerprint density at radius 1 is 1.24 bits per heavy atom. The van der Waals surface area contributed by atoms with Gasteiger partial charge < -0.3 is 25.0 Å². The van der Waals surface area contributed by atoms with E-state index in [1.807, 2.05) is 43.9 Å². The molecular weight excluding hydrogens is 424 g/mol. The minimum absolute atomic E-state index is 0.0446. The summed E-state index contributed by atoms with van der Waals surface area (Å²) in [5, 5.41) is 24.5. The molecule has 180 valence electrons. The maximum atomic E-state index is 11.8. The van der Waals surface area contributed by atoms with Crippen LogP contribution in [0.5, 0.6) is 6.01 Å². The van der Waals surface area contributed by atoms with Gasteiger partial charge in [0.15, 0.2) is 0 Å². The number of aliphatic carboxylic acids is 1. The summed E-state index contributed by atoms with van der Waals surface area (Å²) in [4.78, 5) is 21.8. The topological polar surface area (TPSA) is 117 Å². The van der Waals surface area contributed by atoms with Crippen molar-refractivity contribution in [1.29, 1.82) is 0 Å². The van der Waals surface area contributed by atoms with E-state index in [1.54, 1.807) is 12.4 Å². The smallest absolute Gasteiger partial charge is 0.316 e. The van der Waals surface area contributed by atoms with E-state index in [4.69, 9.17) is 9.47 Å². The molecule has 3 N–H and O–H groups in total. The Hall–Kier alpha value is -2.75. The fourth-order valence-corrected chi connectivity index (χ4v) is 4.23. The van der Waals surface area contributed by atoms with E-state index in [-0.39, 0.29) is 12.3 Å². The molecule has 33 heavy (non-hydrogen) atoms. The molecule has 1 aliphatic heterocycles. The molecule has 0 spiro atoms. The minimum atomic E-state index is -1.20. The van der Waals surface area contributed by atoms with Crippen LogP contribution in [0.25, 0.3) is 0 Å². The number of hydrogen-bond acceptors (Lipinski definition) is 8. The number of rotatable bonds is 11. The van der Waals surface area contributed by atoms with Gasteiger partial charge in [-0.2, -0.15) is 0 Å². The second-order valence-electron chi connectivity index (χ2n) is 8.09. The van der Waals surface area contributed by atoms with Crippen molar-refractivity contribution in [2.24, 2.45) is 0 Å². The number of aromatic nitrogens is 2.